The molecule has 1 atom stereocenters. The van der Waals surface area contributed by atoms with E-state index in [2.05, 4.69) is 0 Å². The molecule has 0 spiro atoms. The summed E-state index contributed by atoms with van der Waals surface area (Å²) in [6.07, 6.45) is 0.136. The number of benzene rings is 2. The van der Waals surface area contributed by atoms with Gasteiger partial charge in [-0.05, 0) is 30.2 Å². The molecule has 26 heavy (non-hydrogen) atoms. The lowest BCUT2D eigenvalue weighted by molar-refractivity contribution is -0.129. The SMILES string of the molecule is CC(SCC(=O)N(CCC(N)=O)Cc1ccccc1)c1ccc(F)cc1. The highest BCUT2D eigenvalue weighted by Gasteiger charge is 2.17. The molecule has 0 fully saturated rings. The van der Waals surface area contributed by atoms with E-state index >= 15 is 0 Å². The number of nitrogens with two attached hydrogens (primary N) is 1. The number of primary amides is 1. The van der Waals surface area contributed by atoms with Crippen molar-refractivity contribution >= 4 is 23.6 Å². The Balaban J connectivity index is 1.96. The summed E-state index contributed by atoms with van der Waals surface area (Å²) in [4.78, 5) is 25.4. The first-order valence-corrected chi connectivity index (χ1v) is 9.47. The zero-order valence-electron chi connectivity index (χ0n) is 14.7. The first kappa shape index (κ1) is 20.0. The van der Waals surface area contributed by atoms with Gasteiger partial charge in [0.25, 0.3) is 0 Å². The van der Waals surface area contributed by atoms with Crippen molar-refractivity contribution in [3.8, 4) is 0 Å². The third-order valence-corrected chi connectivity index (χ3v) is 5.18. The smallest absolute Gasteiger partial charge is 0.232 e. The van der Waals surface area contributed by atoms with E-state index in [9.17, 15) is 14.0 Å². The summed E-state index contributed by atoms with van der Waals surface area (Å²) in [6.45, 7) is 2.73. The lowest BCUT2D eigenvalue weighted by atomic mass is 10.2. The average molecular weight is 374 g/mol. The second kappa shape index (κ2) is 9.97. The number of thioether (sulfide) groups is 1. The number of carbonyl (C=O) groups is 2. The summed E-state index contributed by atoms with van der Waals surface area (Å²) in [5.74, 6) is -0.468. The molecule has 0 aliphatic rings. The summed E-state index contributed by atoms with van der Waals surface area (Å²) in [5.41, 5.74) is 7.20. The van der Waals surface area contributed by atoms with Crippen molar-refractivity contribution < 1.29 is 14.0 Å². The highest BCUT2D eigenvalue weighted by atomic mass is 32.2. The summed E-state index contributed by atoms with van der Waals surface area (Å²) in [6, 6.07) is 15.9. The van der Waals surface area contributed by atoms with Gasteiger partial charge in [-0.25, -0.2) is 4.39 Å². The minimum absolute atomic E-state index is 0.0472. The zero-order valence-corrected chi connectivity index (χ0v) is 15.5. The van der Waals surface area contributed by atoms with Crippen LogP contribution in [0.25, 0.3) is 0 Å². The second-order valence-corrected chi connectivity index (χ2v) is 7.35. The van der Waals surface area contributed by atoms with Gasteiger partial charge in [0, 0.05) is 24.8 Å². The first-order valence-electron chi connectivity index (χ1n) is 8.43. The summed E-state index contributed by atoms with van der Waals surface area (Å²) in [7, 11) is 0. The Morgan fingerprint density at radius 3 is 2.38 bits per heavy atom. The maximum absolute atomic E-state index is 13.0. The fraction of sp³-hybridized carbons (Fsp3) is 0.300. The molecule has 0 aliphatic heterocycles. The van der Waals surface area contributed by atoms with Crippen molar-refractivity contribution in [3.63, 3.8) is 0 Å². The van der Waals surface area contributed by atoms with E-state index in [0.29, 0.717) is 13.1 Å². The molecule has 2 aromatic rings. The molecule has 0 aliphatic carbocycles. The predicted octanol–water partition coefficient (Wildman–Crippen LogP) is 3.52. The second-order valence-electron chi connectivity index (χ2n) is 6.02. The summed E-state index contributed by atoms with van der Waals surface area (Å²) in [5, 5.41) is 0.0641. The molecule has 2 rings (SSSR count). The molecule has 1 unspecified atom stereocenters. The van der Waals surface area contributed by atoms with Crippen LogP contribution in [0.2, 0.25) is 0 Å². The molecule has 0 bridgehead atoms. The maximum atomic E-state index is 13.0. The number of rotatable bonds is 9. The van der Waals surface area contributed by atoms with E-state index < -0.39 is 5.91 Å². The lowest BCUT2D eigenvalue weighted by Gasteiger charge is -2.23. The fourth-order valence-corrected chi connectivity index (χ4v) is 3.38. The van der Waals surface area contributed by atoms with Crippen LogP contribution in [0.15, 0.2) is 54.6 Å². The average Bonchev–Trinajstić information content (AvgIpc) is 2.64. The van der Waals surface area contributed by atoms with Gasteiger partial charge in [0.1, 0.15) is 5.82 Å². The Hall–Kier alpha value is -2.34. The maximum Gasteiger partial charge on any atom is 0.232 e. The Kier molecular flexibility index (Phi) is 7.66. The number of carbonyl (C=O) groups excluding carboxylic acids is 2. The third-order valence-electron chi connectivity index (χ3n) is 3.99. The van der Waals surface area contributed by atoms with E-state index in [1.807, 2.05) is 37.3 Å². The predicted molar refractivity (Wildman–Crippen MR) is 103 cm³/mol. The highest BCUT2D eigenvalue weighted by Crippen LogP contribution is 2.28. The normalized spacial score (nSPS) is 11.8. The van der Waals surface area contributed by atoms with Crippen molar-refractivity contribution in [1.82, 2.24) is 4.90 Å². The Labute approximate surface area is 157 Å². The van der Waals surface area contributed by atoms with Crippen LogP contribution >= 0.6 is 11.8 Å². The van der Waals surface area contributed by atoms with E-state index in [1.54, 1.807) is 17.0 Å². The summed E-state index contributed by atoms with van der Waals surface area (Å²) < 4.78 is 13.0. The molecule has 138 valence electrons. The third kappa shape index (κ3) is 6.52. The number of hydrogen-bond donors (Lipinski definition) is 1. The van der Waals surface area contributed by atoms with E-state index in [4.69, 9.17) is 5.73 Å². The molecule has 2 N–H and O–H groups in total. The van der Waals surface area contributed by atoms with Gasteiger partial charge in [-0.1, -0.05) is 42.5 Å². The van der Waals surface area contributed by atoms with Crippen LogP contribution in [0.1, 0.15) is 29.7 Å². The molecular weight excluding hydrogens is 351 g/mol. The molecule has 2 amide bonds. The molecule has 0 heterocycles. The molecule has 4 nitrogen and oxygen atoms in total. The molecule has 0 saturated carbocycles. The van der Waals surface area contributed by atoms with Gasteiger partial charge in [0.2, 0.25) is 11.8 Å². The standard InChI is InChI=1S/C20H23FN2O2S/c1-15(17-7-9-18(21)10-8-17)26-14-20(25)23(12-11-19(22)24)13-16-5-3-2-4-6-16/h2-10,15H,11-14H2,1H3,(H2,22,24). The van der Waals surface area contributed by atoms with Crippen molar-refractivity contribution in [2.75, 3.05) is 12.3 Å². The molecule has 0 radical (unpaired) electrons. The van der Waals surface area contributed by atoms with Crippen LogP contribution < -0.4 is 5.73 Å². The Morgan fingerprint density at radius 2 is 1.77 bits per heavy atom. The molecule has 2 aromatic carbocycles. The lowest BCUT2D eigenvalue weighted by Crippen LogP contribution is -2.35. The van der Waals surface area contributed by atoms with Gasteiger partial charge in [-0.2, -0.15) is 0 Å². The van der Waals surface area contributed by atoms with Crippen LogP contribution in [-0.4, -0.2) is 29.0 Å². The summed E-state index contributed by atoms with van der Waals surface area (Å²) >= 11 is 1.49. The monoisotopic (exact) mass is 374 g/mol. The minimum atomic E-state index is -0.428. The zero-order chi connectivity index (χ0) is 18.9. The van der Waals surface area contributed by atoms with Crippen LogP contribution in [0.5, 0.6) is 0 Å². The van der Waals surface area contributed by atoms with Gasteiger partial charge in [-0.3, -0.25) is 9.59 Å². The number of amides is 2. The van der Waals surface area contributed by atoms with Crippen molar-refractivity contribution in [1.29, 1.82) is 0 Å². The first-order chi connectivity index (χ1) is 12.5. The van der Waals surface area contributed by atoms with Crippen molar-refractivity contribution in [2.24, 2.45) is 5.73 Å². The van der Waals surface area contributed by atoms with Crippen LogP contribution in [0.4, 0.5) is 4.39 Å². The van der Waals surface area contributed by atoms with Crippen molar-refractivity contribution in [2.45, 2.75) is 25.1 Å². The number of halogens is 1. The quantitative estimate of drug-likeness (QED) is 0.730. The van der Waals surface area contributed by atoms with Crippen LogP contribution in [0.3, 0.4) is 0 Å². The molecule has 0 aromatic heterocycles. The molecular formula is C20H23FN2O2S. The van der Waals surface area contributed by atoms with Gasteiger partial charge in [-0.15, -0.1) is 11.8 Å². The van der Waals surface area contributed by atoms with E-state index in [1.165, 1.54) is 23.9 Å². The van der Waals surface area contributed by atoms with Gasteiger partial charge >= 0.3 is 0 Å². The highest BCUT2D eigenvalue weighted by molar-refractivity contribution is 8.00. The molecule has 6 heteroatoms. The van der Waals surface area contributed by atoms with Gasteiger partial charge < -0.3 is 10.6 Å². The number of nitrogens with zero attached hydrogens (tertiary/aromatic N) is 1. The Bertz CT molecular complexity index is 722. The van der Waals surface area contributed by atoms with Crippen LogP contribution in [-0.2, 0) is 16.1 Å². The molecule has 0 saturated heterocycles. The number of hydrogen-bond acceptors (Lipinski definition) is 3. The largest absolute Gasteiger partial charge is 0.370 e. The fourth-order valence-electron chi connectivity index (χ4n) is 2.46. The minimum Gasteiger partial charge on any atom is -0.370 e. The van der Waals surface area contributed by atoms with Gasteiger partial charge in [0.05, 0.1) is 5.75 Å². The van der Waals surface area contributed by atoms with E-state index in [-0.39, 0.29) is 29.1 Å². The topological polar surface area (TPSA) is 63.4 Å². The Morgan fingerprint density at radius 1 is 1.12 bits per heavy atom. The van der Waals surface area contributed by atoms with Crippen molar-refractivity contribution in [3.05, 3.63) is 71.5 Å². The van der Waals surface area contributed by atoms with E-state index in [0.717, 1.165) is 11.1 Å². The van der Waals surface area contributed by atoms with Gasteiger partial charge in [0.15, 0.2) is 0 Å². The van der Waals surface area contributed by atoms with Crippen LogP contribution in [0, 0.1) is 5.82 Å².